The van der Waals surface area contributed by atoms with Crippen molar-refractivity contribution < 1.29 is 14.3 Å². The summed E-state index contributed by atoms with van der Waals surface area (Å²) in [5.41, 5.74) is 8.59. The van der Waals surface area contributed by atoms with Gasteiger partial charge in [0.1, 0.15) is 12.4 Å². The fourth-order valence-corrected chi connectivity index (χ4v) is 1.91. The van der Waals surface area contributed by atoms with E-state index in [0.717, 1.165) is 5.56 Å². The predicted molar refractivity (Wildman–Crippen MR) is 87.4 cm³/mol. The molecule has 0 spiro atoms. The van der Waals surface area contributed by atoms with E-state index in [1.807, 2.05) is 13.0 Å². The SMILES string of the molecule is COCCOc1ccc(C(=O)Nc2cc(N)ccc2C)cc1. The zero-order chi connectivity index (χ0) is 15.9. The Morgan fingerprint density at radius 1 is 1.14 bits per heavy atom. The van der Waals surface area contributed by atoms with Crippen LogP contribution in [0.15, 0.2) is 42.5 Å². The molecule has 0 unspecified atom stereocenters. The van der Waals surface area contributed by atoms with Crippen molar-refractivity contribution in [2.24, 2.45) is 0 Å². The molecule has 0 saturated carbocycles. The molecule has 3 N–H and O–H groups in total. The zero-order valence-electron chi connectivity index (χ0n) is 12.8. The smallest absolute Gasteiger partial charge is 0.255 e. The van der Waals surface area contributed by atoms with Crippen molar-refractivity contribution in [3.8, 4) is 5.75 Å². The van der Waals surface area contributed by atoms with Gasteiger partial charge in [-0.3, -0.25) is 4.79 Å². The van der Waals surface area contributed by atoms with Crippen molar-refractivity contribution in [2.75, 3.05) is 31.4 Å². The second kappa shape index (κ2) is 7.47. The second-order valence-corrected chi connectivity index (χ2v) is 4.89. The number of nitrogens with one attached hydrogen (secondary N) is 1. The van der Waals surface area contributed by atoms with Gasteiger partial charge in [-0.1, -0.05) is 6.07 Å². The monoisotopic (exact) mass is 300 g/mol. The van der Waals surface area contributed by atoms with E-state index in [9.17, 15) is 4.79 Å². The van der Waals surface area contributed by atoms with Gasteiger partial charge in [0.05, 0.1) is 6.61 Å². The van der Waals surface area contributed by atoms with Crippen molar-refractivity contribution in [1.29, 1.82) is 0 Å². The molecule has 0 fully saturated rings. The van der Waals surface area contributed by atoms with Crippen LogP contribution < -0.4 is 15.8 Å². The van der Waals surface area contributed by atoms with E-state index in [0.29, 0.717) is 35.9 Å². The molecule has 0 aliphatic heterocycles. The average molecular weight is 300 g/mol. The Kier molecular flexibility index (Phi) is 5.38. The van der Waals surface area contributed by atoms with Gasteiger partial charge in [0.15, 0.2) is 0 Å². The lowest BCUT2D eigenvalue weighted by Gasteiger charge is -2.10. The topological polar surface area (TPSA) is 73.6 Å². The first-order chi connectivity index (χ1) is 10.6. The number of nitrogens with two attached hydrogens (primary N) is 1. The number of hydrogen-bond acceptors (Lipinski definition) is 4. The maximum Gasteiger partial charge on any atom is 0.255 e. The lowest BCUT2D eigenvalue weighted by atomic mass is 10.1. The van der Waals surface area contributed by atoms with Crippen LogP contribution in [0.2, 0.25) is 0 Å². The molecule has 0 aromatic heterocycles. The number of carbonyl (C=O) groups is 1. The lowest BCUT2D eigenvalue weighted by Crippen LogP contribution is -2.13. The molecular weight excluding hydrogens is 280 g/mol. The van der Waals surface area contributed by atoms with Crippen LogP contribution >= 0.6 is 0 Å². The Hall–Kier alpha value is -2.53. The summed E-state index contributed by atoms with van der Waals surface area (Å²) in [6.45, 7) is 2.92. The fraction of sp³-hybridized carbons (Fsp3) is 0.235. The molecule has 0 radical (unpaired) electrons. The summed E-state index contributed by atoms with van der Waals surface area (Å²) in [6, 6.07) is 12.4. The molecule has 1 amide bonds. The van der Waals surface area contributed by atoms with Crippen LogP contribution in [-0.2, 0) is 4.74 Å². The van der Waals surface area contributed by atoms with Crippen LogP contribution in [0.5, 0.6) is 5.75 Å². The first-order valence-electron chi connectivity index (χ1n) is 6.99. The summed E-state index contributed by atoms with van der Waals surface area (Å²) in [6.07, 6.45) is 0. The standard InChI is InChI=1S/C17H20N2O3/c1-12-3-6-14(18)11-16(12)19-17(20)13-4-7-15(8-5-13)22-10-9-21-2/h3-8,11H,9-10,18H2,1-2H3,(H,19,20). The van der Waals surface area contributed by atoms with E-state index < -0.39 is 0 Å². The van der Waals surface area contributed by atoms with Crippen LogP contribution in [-0.4, -0.2) is 26.2 Å². The zero-order valence-corrected chi connectivity index (χ0v) is 12.8. The van der Waals surface area contributed by atoms with E-state index in [4.69, 9.17) is 15.2 Å². The summed E-state index contributed by atoms with van der Waals surface area (Å²) in [5, 5.41) is 2.86. The number of aryl methyl sites for hydroxylation is 1. The number of rotatable bonds is 6. The number of methoxy groups -OCH3 is 1. The Bertz CT molecular complexity index is 639. The molecule has 5 heteroatoms. The Morgan fingerprint density at radius 3 is 2.55 bits per heavy atom. The number of benzene rings is 2. The lowest BCUT2D eigenvalue weighted by molar-refractivity contribution is 0.102. The summed E-state index contributed by atoms with van der Waals surface area (Å²) < 4.78 is 10.4. The fourth-order valence-electron chi connectivity index (χ4n) is 1.91. The van der Waals surface area contributed by atoms with Gasteiger partial charge in [-0.25, -0.2) is 0 Å². The molecule has 2 rings (SSSR count). The van der Waals surface area contributed by atoms with Crippen LogP contribution in [0.4, 0.5) is 11.4 Å². The highest BCUT2D eigenvalue weighted by Crippen LogP contribution is 2.19. The van der Waals surface area contributed by atoms with E-state index in [1.54, 1.807) is 43.5 Å². The summed E-state index contributed by atoms with van der Waals surface area (Å²) in [7, 11) is 1.62. The maximum absolute atomic E-state index is 12.2. The maximum atomic E-state index is 12.2. The van der Waals surface area contributed by atoms with Crippen LogP contribution in [0.25, 0.3) is 0 Å². The molecule has 5 nitrogen and oxygen atoms in total. The van der Waals surface area contributed by atoms with E-state index in [1.165, 1.54) is 0 Å². The minimum Gasteiger partial charge on any atom is -0.491 e. The highest BCUT2D eigenvalue weighted by molar-refractivity contribution is 6.04. The number of amides is 1. The highest BCUT2D eigenvalue weighted by atomic mass is 16.5. The van der Waals surface area contributed by atoms with E-state index in [2.05, 4.69) is 5.32 Å². The van der Waals surface area contributed by atoms with Crippen molar-refractivity contribution in [3.05, 3.63) is 53.6 Å². The van der Waals surface area contributed by atoms with Crippen molar-refractivity contribution >= 4 is 17.3 Å². The number of nitrogen functional groups attached to an aromatic ring is 1. The number of ether oxygens (including phenoxy) is 2. The Labute approximate surface area is 130 Å². The van der Waals surface area contributed by atoms with Crippen LogP contribution in [0.1, 0.15) is 15.9 Å². The molecule has 0 saturated heterocycles. The molecular formula is C17H20N2O3. The molecule has 0 atom stereocenters. The Morgan fingerprint density at radius 2 is 1.86 bits per heavy atom. The Balaban J connectivity index is 2.02. The molecule has 2 aromatic rings. The highest BCUT2D eigenvalue weighted by Gasteiger charge is 2.08. The minimum absolute atomic E-state index is 0.183. The second-order valence-electron chi connectivity index (χ2n) is 4.89. The molecule has 0 bridgehead atoms. The van der Waals surface area contributed by atoms with Crippen molar-refractivity contribution in [2.45, 2.75) is 6.92 Å². The van der Waals surface area contributed by atoms with Crippen molar-refractivity contribution in [3.63, 3.8) is 0 Å². The summed E-state index contributed by atoms with van der Waals surface area (Å²) >= 11 is 0. The summed E-state index contributed by atoms with van der Waals surface area (Å²) in [4.78, 5) is 12.2. The van der Waals surface area contributed by atoms with Gasteiger partial charge >= 0.3 is 0 Å². The first kappa shape index (κ1) is 15.9. The van der Waals surface area contributed by atoms with Gasteiger partial charge in [-0.05, 0) is 48.9 Å². The largest absolute Gasteiger partial charge is 0.491 e. The molecule has 0 heterocycles. The number of anilines is 2. The normalized spacial score (nSPS) is 10.3. The van der Waals surface area contributed by atoms with Gasteiger partial charge in [0.25, 0.3) is 5.91 Å². The third-order valence-corrected chi connectivity index (χ3v) is 3.18. The first-order valence-corrected chi connectivity index (χ1v) is 6.99. The van der Waals surface area contributed by atoms with Gasteiger partial charge in [0.2, 0.25) is 0 Å². The molecule has 2 aromatic carbocycles. The molecule has 0 aliphatic rings. The number of hydrogen-bond donors (Lipinski definition) is 2. The molecule has 116 valence electrons. The average Bonchev–Trinajstić information content (AvgIpc) is 2.52. The molecule has 22 heavy (non-hydrogen) atoms. The third kappa shape index (κ3) is 4.23. The summed E-state index contributed by atoms with van der Waals surface area (Å²) in [5.74, 6) is 0.519. The van der Waals surface area contributed by atoms with Gasteiger partial charge in [0, 0.05) is 24.0 Å². The van der Waals surface area contributed by atoms with Gasteiger partial charge in [-0.15, -0.1) is 0 Å². The van der Waals surface area contributed by atoms with Crippen molar-refractivity contribution in [1.82, 2.24) is 0 Å². The molecule has 0 aliphatic carbocycles. The van der Waals surface area contributed by atoms with Gasteiger partial charge < -0.3 is 20.5 Å². The minimum atomic E-state index is -0.183. The van der Waals surface area contributed by atoms with Gasteiger partial charge in [-0.2, -0.15) is 0 Å². The van der Waals surface area contributed by atoms with Crippen LogP contribution in [0.3, 0.4) is 0 Å². The van der Waals surface area contributed by atoms with E-state index >= 15 is 0 Å². The van der Waals surface area contributed by atoms with Crippen LogP contribution in [0, 0.1) is 6.92 Å². The van der Waals surface area contributed by atoms with E-state index in [-0.39, 0.29) is 5.91 Å². The third-order valence-electron chi connectivity index (χ3n) is 3.18. The number of carbonyl (C=O) groups excluding carboxylic acids is 1. The predicted octanol–water partition coefficient (Wildman–Crippen LogP) is 2.85. The quantitative estimate of drug-likeness (QED) is 0.635.